The number of imide groups is 1. The van der Waals surface area contributed by atoms with Crippen LogP contribution >= 0.6 is 0 Å². The average Bonchev–Trinajstić information content (AvgIpc) is 3.17. The number of methoxy groups -OCH3 is 1. The van der Waals surface area contributed by atoms with Crippen molar-refractivity contribution in [2.45, 2.75) is 84.7 Å². The Morgan fingerprint density at radius 3 is 2.03 bits per heavy atom. The highest BCUT2D eigenvalue weighted by Crippen LogP contribution is 2.69. The van der Waals surface area contributed by atoms with Crippen LogP contribution in [0.5, 0.6) is 5.75 Å². The van der Waals surface area contributed by atoms with Gasteiger partial charge in [0.25, 0.3) is 5.91 Å². The summed E-state index contributed by atoms with van der Waals surface area (Å²) in [5.74, 6) is 0.0589. The minimum Gasteiger partial charge on any atom is -0.497 e. The fourth-order valence-electron chi connectivity index (χ4n) is 5.92. The van der Waals surface area contributed by atoms with Crippen LogP contribution in [0.4, 0.5) is 5.69 Å². The van der Waals surface area contributed by atoms with E-state index in [4.69, 9.17) is 4.74 Å². The van der Waals surface area contributed by atoms with Crippen molar-refractivity contribution in [2.24, 2.45) is 16.7 Å². The molecule has 0 N–H and O–H groups in total. The predicted octanol–water partition coefficient (Wildman–Crippen LogP) is 4.56. The van der Waals surface area contributed by atoms with Gasteiger partial charge in [0, 0.05) is 12.0 Å². The lowest BCUT2D eigenvalue weighted by molar-refractivity contribution is -0.143. The molecule has 0 radical (unpaired) electrons. The molecule has 1 heterocycles. The van der Waals surface area contributed by atoms with Gasteiger partial charge in [0.15, 0.2) is 0 Å². The molecule has 4 rings (SSSR count). The van der Waals surface area contributed by atoms with Crippen LogP contribution in [0.25, 0.3) is 0 Å². The molecule has 1 saturated heterocycles. The van der Waals surface area contributed by atoms with Crippen molar-refractivity contribution >= 4 is 23.4 Å². The molecule has 0 aromatic heterocycles. The summed E-state index contributed by atoms with van der Waals surface area (Å²) in [6, 6.07) is 6.24. The van der Waals surface area contributed by atoms with Gasteiger partial charge in [-0.1, -0.05) is 53.4 Å². The molecule has 0 spiro atoms. The molecule has 1 aromatic carbocycles. The maximum absolute atomic E-state index is 13.9. The van der Waals surface area contributed by atoms with Crippen LogP contribution in [0.1, 0.15) is 72.6 Å². The first kappa shape index (κ1) is 22.8. The van der Waals surface area contributed by atoms with Crippen molar-refractivity contribution in [3.63, 3.8) is 0 Å². The maximum atomic E-state index is 13.9. The number of rotatable bonds is 5. The van der Waals surface area contributed by atoms with Crippen molar-refractivity contribution in [3.05, 3.63) is 24.3 Å². The van der Waals surface area contributed by atoms with E-state index in [1.165, 1.54) is 4.90 Å². The highest BCUT2D eigenvalue weighted by molar-refractivity contribution is 6.23. The lowest BCUT2D eigenvalue weighted by atomic mass is 10.0. The van der Waals surface area contributed by atoms with Gasteiger partial charge in [0.2, 0.25) is 11.8 Å². The summed E-state index contributed by atoms with van der Waals surface area (Å²) in [7, 11) is 1.58. The number of carbonyl (C=O) groups is 3. The zero-order chi connectivity index (χ0) is 23.3. The van der Waals surface area contributed by atoms with Crippen LogP contribution in [0.3, 0.4) is 0 Å². The van der Waals surface area contributed by atoms with Gasteiger partial charge in [-0.05, 0) is 47.9 Å². The molecule has 0 bridgehead atoms. The number of ether oxygens (including phenoxy) is 1. The molecule has 3 amide bonds. The molecule has 32 heavy (non-hydrogen) atoms. The molecule has 1 unspecified atom stereocenters. The largest absolute Gasteiger partial charge is 0.497 e. The van der Waals surface area contributed by atoms with Crippen LogP contribution in [-0.2, 0) is 14.4 Å². The van der Waals surface area contributed by atoms with Crippen molar-refractivity contribution in [1.29, 1.82) is 0 Å². The predicted molar refractivity (Wildman–Crippen MR) is 123 cm³/mol. The van der Waals surface area contributed by atoms with Crippen LogP contribution in [0.2, 0.25) is 0 Å². The molecule has 6 heteroatoms. The van der Waals surface area contributed by atoms with E-state index in [-0.39, 0.29) is 46.9 Å². The Hall–Kier alpha value is -2.37. The van der Waals surface area contributed by atoms with Crippen molar-refractivity contribution in [1.82, 2.24) is 4.90 Å². The Kier molecular flexibility index (Phi) is 5.84. The Labute approximate surface area is 191 Å². The second kappa shape index (κ2) is 8.20. The standard InChI is InChI=1S/C26H36N2O4/c1-25(2)22(26(25,3)4)24(31)27(17-10-8-6-7-9-11-17)20-16-21(29)28(23(20)30)18-12-14-19(32-5)15-13-18/h12-15,17,20,22H,6-11,16H2,1-5H3. The molecule has 3 fully saturated rings. The minimum absolute atomic E-state index is 0.0229. The van der Waals surface area contributed by atoms with E-state index in [1.807, 2.05) is 4.90 Å². The Balaban J connectivity index is 1.65. The first-order chi connectivity index (χ1) is 15.1. The smallest absolute Gasteiger partial charge is 0.257 e. The Bertz CT molecular complexity index is 883. The maximum Gasteiger partial charge on any atom is 0.257 e. The molecule has 1 aliphatic heterocycles. The average molecular weight is 441 g/mol. The summed E-state index contributed by atoms with van der Waals surface area (Å²) in [5, 5.41) is 0. The molecule has 1 atom stereocenters. The van der Waals surface area contributed by atoms with E-state index < -0.39 is 6.04 Å². The SMILES string of the molecule is COc1ccc(N2C(=O)CC(N(C(=O)C3C(C)(C)C3(C)C)C3CCCCCC3)C2=O)cc1. The second-order valence-corrected chi connectivity index (χ2v) is 10.8. The molecule has 2 aliphatic carbocycles. The third kappa shape index (κ3) is 3.61. The number of hydrogen-bond acceptors (Lipinski definition) is 4. The van der Waals surface area contributed by atoms with Crippen molar-refractivity contribution in [2.75, 3.05) is 12.0 Å². The lowest BCUT2D eigenvalue weighted by Crippen LogP contribution is -2.52. The van der Waals surface area contributed by atoms with Gasteiger partial charge < -0.3 is 9.64 Å². The Morgan fingerprint density at radius 1 is 0.969 bits per heavy atom. The summed E-state index contributed by atoms with van der Waals surface area (Å²) >= 11 is 0. The van der Waals surface area contributed by atoms with Crippen molar-refractivity contribution in [3.8, 4) is 5.75 Å². The number of carbonyl (C=O) groups excluding carboxylic acids is 3. The van der Waals surface area contributed by atoms with Gasteiger partial charge in [-0.15, -0.1) is 0 Å². The fraction of sp³-hybridized carbons (Fsp3) is 0.654. The summed E-state index contributed by atoms with van der Waals surface area (Å²) in [6.07, 6.45) is 6.30. The second-order valence-electron chi connectivity index (χ2n) is 10.8. The molecule has 2 saturated carbocycles. The number of benzene rings is 1. The third-order valence-electron chi connectivity index (χ3n) is 8.53. The molecule has 6 nitrogen and oxygen atoms in total. The zero-order valence-corrected chi connectivity index (χ0v) is 20.0. The number of anilines is 1. The van der Waals surface area contributed by atoms with E-state index in [0.29, 0.717) is 11.4 Å². The summed E-state index contributed by atoms with van der Waals surface area (Å²) < 4.78 is 5.20. The van der Waals surface area contributed by atoms with Crippen LogP contribution < -0.4 is 9.64 Å². The zero-order valence-electron chi connectivity index (χ0n) is 20.0. The van der Waals surface area contributed by atoms with Gasteiger partial charge in [0.1, 0.15) is 11.8 Å². The molecule has 1 aromatic rings. The summed E-state index contributed by atoms with van der Waals surface area (Å²) in [4.78, 5) is 43.6. The number of hydrogen-bond donors (Lipinski definition) is 0. The topological polar surface area (TPSA) is 66.9 Å². The van der Waals surface area contributed by atoms with E-state index >= 15 is 0 Å². The summed E-state index contributed by atoms with van der Waals surface area (Å²) in [5.41, 5.74) is 0.298. The quantitative estimate of drug-likeness (QED) is 0.497. The van der Waals surface area contributed by atoms with E-state index in [1.54, 1.807) is 31.4 Å². The van der Waals surface area contributed by atoms with Crippen LogP contribution in [0.15, 0.2) is 24.3 Å². The van der Waals surface area contributed by atoms with E-state index in [0.717, 1.165) is 38.5 Å². The first-order valence-corrected chi connectivity index (χ1v) is 11.9. The molecule has 3 aliphatic rings. The van der Waals surface area contributed by atoms with Gasteiger partial charge in [-0.3, -0.25) is 14.4 Å². The number of amides is 3. The monoisotopic (exact) mass is 440 g/mol. The van der Waals surface area contributed by atoms with E-state index in [9.17, 15) is 14.4 Å². The van der Waals surface area contributed by atoms with Crippen LogP contribution in [-0.4, -0.2) is 41.8 Å². The van der Waals surface area contributed by atoms with Gasteiger partial charge in [-0.2, -0.15) is 0 Å². The normalized spacial score (nSPS) is 25.5. The fourth-order valence-corrected chi connectivity index (χ4v) is 5.92. The first-order valence-electron chi connectivity index (χ1n) is 11.9. The highest BCUT2D eigenvalue weighted by atomic mass is 16.5. The lowest BCUT2D eigenvalue weighted by Gasteiger charge is -2.36. The Morgan fingerprint density at radius 2 is 1.53 bits per heavy atom. The van der Waals surface area contributed by atoms with Crippen molar-refractivity contribution < 1.29 is 19.1 Å². The van der Waals surface area contributed by atoms with E-state index in [2.05, 4.69) is 27.7 Å². The van der Waals surface area contributed by atoms with Crippen LogP contribution in [0, 0.1) is 16.7 Å². The van der Waals surface area contributed by atoms with Gasteiger partial charge in [-0.25, -0.2) is 4.90 Å². The molecule has 174 valence electrons. The molecular weight excluding hydrogens is 404 g/mol. The summed E-state index contributed by atoms with van der Waals surface area (Å²) in [6.45, 7) is 8.52. The van der Waals surface area contributed by atoms with Gasteiger partial charge >= 0.3 is 0 Å². The number of nitrogens with zero attached hydrogens (tertiary/aromatic N) is 2. The molecular formula is C26H36N2O4. The van der Waals surface area contributed by atoms with Gasteiger partial charge in [0.05, 0.1) is 19.2 Å². The minimum atomic E-state index is -0.715. The third-order valence-corrected chi connectivity index (χ3v) is 8.53. The highest BCUT2D eigenvalue weighted by Gasteiger charge is 2.69.